The van der Waals surface area contributed by atoms with Crippen molar-refractivity contribution in [3.05, 3.63) is 49.1 Å². The van der Waals surface area contributed by atoms with Crippen molar-refractivity contribution in [3.8, 4) is 0 Å². The molecular weight excluding hydrogens is 168 g/mol. The molecule has 0 atom stereocenters. The highest BCUT2D eigenvalue weighted by Crippen LogP contribution is 1.98. The summed E-state index contributed by atoms with van der Waals surface area (Å²) in [5.74, 6) is -2.44. The number of hydrogen-bond donors (Lipinski definition) is 1. The zero-order valence-electron chi connectivity index (χ0n) is 7.06. The number of carbonyl (C=O) groups excluding carboxylic acids is 1. The van der Waals surface area contributed by atoms with Crippen molar-refractivity contribution in [1.29, 1.82) is 0 Å². The van der Waals surface area contributed by atoms with E-state index in [0.717, 1.165) is 6.08 Å². The molecule has 0 saturated carbocycles. The zero-order valence-corrected chi connectivity index (χ0v) is 7.06. The van der Waals surface area contributed by atoms with E-state index in [4.69, 9.17) is 5.11 Å². The molecule has 3 heteroatoms. The van der Waals surface area contributed by atoms with Crippen LogP contribution in [0.25, 0.3) is 0 Å². The molecule has 0 bridgehead atoms. The number of carboxylic acids is 1. The lowest BCUT2D eigenvalue weighted by molar-refractivity contribution is -0.146. The maximum atomic E-state index is 10.6. The van der Waals surface area contributed by atoms with Gasteiger partial charge in [0.2, 0.25) is 0 Å². The molecule has 0 rings (SSSR count). The number of carbonyl (C=O) groups is 2. The van der Waals surface area contributed by atoms with Gasteiger partial charge < -0.3 is 5.11 Å². The highest BCUT2D eigenvalue weighted by molar-refractivity contribution is 6.37. The molecule has 68 valence electrons. The molecule has 0 fully saturated rings. The monoisotopic (exact) mass is 178 g/mol. The molecular formula is C10H10O3. The fraction of sp³-hybridized carbons (Fsp3) is 0. The fourth-order valence-electron chi connectivity index (χ4n) is 0.571. The molecule has 0 spiro atoms. The van der Waals surface area contributed by atoms with Crippen LogP contribution in [0, 0.1) is 0 Å². The van der Waals surface area contributed by atoms with Crippen LogP contribution in [0.15, 0.2) is 49.1 Å². The third-order valence-electron chi connectivity index (χ3n) is 1.18. The normalized spacial score (nSPS) is 11.2. The van der Waals surface area contributed by atoms with Crippen LogP contribution < -0.4 is 0 Å². The van der Waals surface area contributed by atoms with Gasteiger partial charge in [0.05, 0.1) is 0 Å². The van der Waals surface area contributed by atoms with Gasteiger partial charge in [0, 0.05) is 0 Å². The largest absolute Gasteiger partial charge is 0.475 e. The summed E-state index contributed by atoms with van der Waals surface area (Å²) >= 11 is 0. The van der Waals surface area contributed by atoms with Gasteiger partial charge in [-0.15, -0.1) is 0 Å². The van der Waals surface area contributed by atoms with Crippen LogP contribution in [0.4, 0.5) is 0 Å². The molecule has 0 aromatic carbocycles. The van der Waals surface area contributed by atoms with E-state index in [-0.39, 0.29) is 0 Å². The van der Waals surface area contributed by atoms with Crippen molar-refractivity contribution >= 4 is 11.8 Å². The van der Waals surface area contributed by atoms with Crippen molar-refractivity contribution in [2.24, 2.45) is 0 Å². The van der Waals surface area contributed by atoms with Gasteiger partial charge in [-0.05, 0) is 11.6 Å². The minimum absolute atomic E-state index is 0.629. The maximum Gasteiger partial charge on any atom is 0.376 e. The smallest absolute Gasteiger partial charge is 0.376 e. The number of ketones is 1. The number of carboxylic acid groups (broad SMARTS) is 1. The summed E-state index contributed by atoms with van der Waals surface area (Å²) in [6.07, 6.45) is 6.96. The lowest BCUT2D eigenvalue weighted by atomic mass is 10.2. The Kier molecular flexibility index (Phi) is 4.88. The van der Waals surface area contributed by atoms with Crippen LogP contribution in [0.2, 0.25) is 0 Å². The van der Waals surface area contributed by atoms with Gasteiger partial charge in [-0.25, -0.2) is 4.79 Å². The van der Waals surface area contributed by atoms with Gasteiger partial charge in [0.25, 0.3) is 5.78 Å². The second kappa shape index (κ2) is 5.71. The summed E-state index contributed by atoms with van der Waals surface area (Å²) in [7, 11) is 0. The van der Waals surface area contributed by atoms with E-state index in [1.807, 2.05) is 0 Å². The average Bonchev–Trinajstić information content (AvgIpc) is 2.11. The molecule has 13 heavy (non-hydrogen) atoms. The van der Waals surface area contributed by atoms with E-state index >= 15 is 0 Å². The fourth-order valence-corrected chi connectivity index (χ4v) is 0.571. The van der Waals surface area contributed by atoms with E-state index in [0.29, 0.717) is 5.57 Å². The SMILES string of the molecule is C=C/C=C(C=C)/C=C/C(=O)C(=O)O. The van der Waals surface area contributed by atoms with E-state index < -0.39 is 11.8 Å². The number of allylic oxidation sites excluding steroid dienone is 5. The van der Waals surface area contributed by atoms with Gasteiger partial charge >= 0.3 is 5.97 Å². The zero-order chi connectivity index (χ0) is 10.3. The molecule has 0 aliphatic heterocycles. The Morgan fingerprint density at radius 1 is 1.15 bits per heavy atom. The summed E-state index contributed by atoms with van der Waals surface area (Å²) in [5, 5.41) is 8.23. The van der Waals surface area contributed by atoms with Crippen LogP contribution in [-0.4, -0.2) is 16.9 Å². The first kappa shape index (κ1) is 11.1. The predicted molar refractivity (Wildman–Crippen MR) is 50.3 cm³/mol. The molecule has 1 N–H and O–H groups in total. The quantitative estimate of drug-likeness (QED) is 0.394. The van der Waals surface area contributed by atoms with Gasteiger partial charge in [-0.2, -0.15) is 0 Å². The second-order valence-corrected chi connectivity index (χ2v) is 2.11. The molecule has 0 amide bonds. The Balaban J connectivity index is 4.49. The van der Waals surface area contributed by atoms with E-state index in [9.17, 15) is 9.59 Å². The first-order chi connectivity index (χ1) is 6.11. The van der Waals surface area contributed by atoms with E-state index in [2.05, 4.69) is 13.2 Å². The average molecular weight is 178 g/mol. The Morgan fingerprint density at radius 2 is 1.77 bits per heavy atom. The van der Waals surface area contributed by atoms with Crippen LogP contribution in [0.1, 0.15) is 0 Å². The molecule has 0 heterocycles. The van der Waals surface area contributed by atoms with E-state index in [1.165, 1.54) is 18.2 Å². The maximum absolute atomic E-state index is 10.6. The third-order valence-corrected chi connectivity index (χ3v) is 1.18. The Morgan fingerprint density at radius 3 is 2.15 bits per heavy atom. The van der Waals surface area contributed by atoms with Crippen LogP contribution >= 0.6 is 0 Å². The third kappa shape index (κ3) is 4.53. The standard InChI is InChI=1S/C10H10O3/c1-3-5-8(4-2)6-7-9(11)10(12)13/h3-7H,1-2H2,(H,12,13)/b7-6+,8-5+. The molecule has 0 aromatic rings. The van der Waals surface area contributed by atoms with Gasteiger partial charge in [-0.1, -0.05) is 37.5 Å². The summed E-state index contributed by atoms with van der Waals surface area (Å²) in [5.41, 5.74) is 0.629. The Labute approximate surface area is 76.4 Å². The highest BCUT2D eigenvalue weighted by Gasteiger charge is 2.04. The van der Waals surface area contributed by atoms with Crippen LogP contribution in [0.3, 0.4) is 0 Å². The first-order valence-electron chi connectivity index (χ1n) is 3.52. The topological polar surface area (TPSA) is 54.4 Å². The number of hydrogen-bond acceptors (Lipinski definition) is 2. The number of rotatable bonds is 5. The van der Waals surface area contributed by atoms with Gasteiger partial charge in [0.15, 0.2) is 0 Å². The van der Waals surface area contributed by atoms with Gasteiger partial charge in [-0.3, -0.25) is 4.79 Å². The van der Waals surface area contributed by atoms with E-state index in [1.54, 1.807) is 6.08 Å². The summed E-state index contributed by atoms with van der Waals surface area (Å²) < 4.78 is 0. The second-order valence-electron chi connectivity index (χ2n) is 2.11. The first-order valence-corrected chi connectivity index (χ1v) is 3.52. The van der Waals surface area contributed by atoms with Crippen molar-refractivity contribution < 1.29 is 14.7 Å². The predicted octanol–water partition coefficient (Wildman–Crippen LogP) is 1.49. The summed E-state index contributed by atoms with van der Waals surface area (Å²) in [4.78, 5) is 20.7. The highest BCUT2D eigenvalue weighted by atomic mass is 16.4. The summed E-state index contributed by atoms with van der Waals surface area (Å²) in [6, 6.07) is 0. The van der Waals surface area contributed by atoms with Crippen molar-refractivity contribution in [2.45, 2.75) is 0 Å². The molecule has 0 aliphatic carbocycles. The van der Waals surface area contributed by atoms with Gasteiger partial charge in [0.1, 0.15) is 0 Å². The minimum Gasteiger partial charge on any atom is -0.475 e. The van der Waals surface area contributed by atoms with Crippen LogP contribution in [-0.2, 0) is 9.59 Å². The molecule has 0 aromatic heterocycles. The molecule has 0 radical (unpaired) electrons. The Bertz CT molecular complexity index is 295. The van der Waals surface area contributed by atoms with Crippen LogP contribution in [0.5, 0.6) is 0 Å². The minimum atomic E-state index is -1.47. The van der Waals surface area contributed by atoms with Crippen molar-refractivity contribution in [3.63, 3.8) is 0 Å². The van der Waals surface area contributed by atoms with Crippen molar-refractivity contribution in [2.75, 3.05) is 0 Å². The molecule has 0 saturated heterocycles. The molecule has 3 nitrogen and oxygen atoms in total. The van der Waals surface area contributed by atoms with Crippen molar-refractivity contribution in [1.82, 2.24) is 0 Å². The summed E-state index contributed by atoms with van der Waals surface area (Å²) in [6.45, 7) is 6.93. The number of aliphatic carboxylic acids is 1. The Hall–Kier alpha value is -1.90. The lowest BCUT2D eigenvalue weighted by Gasteiger charge is -1.88. The lowest BCUT2D eigenvalue weighted by Crippen LogP contribution is -2.08. The molecule has 0 aliphatic rings. The molecule has 0 unspecified atom stereocenters.